The quantitative estimate of drug-likeness (QED) is 0.713. The minimum Gasteiger partial charge on any atom is -0.495 e. The third-order valence-corrected chi connectivity index (χ3v) is 6.41. The Morgan fingerprint density at radius 3 is 2.41 bits per heavy atom. The summed E-state index contributed by atoms with van der Waals surface area (Å²) < 4.78 is 7.19. The van der Waals surface area contributed by atoms with Crippen molar-refractivity contribution in [2.45, 2.75) is 39.2 Å². The van der Waals surface area contributed by atoms with Crippen LogP contribution in [-0.2, 0) is 13.0 Å². The first-order chi connectivity index (χ1) is 14.1. The van der Waals surface area contributed by atoms with Crippen molar-refractivity contribution < 1.29 is 14.9 Å². The van der Waals surface area contributed by atoms with E-state index in [9.17, 15) is 10.2 Å². The summed E-state index contributed by atoms with van der Waals surface area (Å²) >= 11 is 0. The summed E-state index contributed by atoms with van der Waals surface area (Å²) in [6.45, 7) is 7.50. The van der Waals surface area contributed by atoms with E-state index in [0.29, 0.717) is 12.5 Å². The fourth-order valence-corrected chi connectivity index (χ4v) is 4.39. The van der Waals surface area contributed by atoms with Crippen LogP contribution in [0.3, 0.4) is 0 Å². The normalized spacial score (nSPS) is 17.7. The van der Waals surface area contributed by atoms with Crippen LogP contribution >= 0.6 is 0 Å². The van der Waals surface area contributed by atoms with Crippen molar-refractivity contribution >= 4 is 5.69 Å². The van der Waals surface area contributed by atoms with E-state index in [-0.39, 0.29) is 11.8 Å². The van der Waals surface area contributed by atoms with Gasteiger partial charge in [-0.3, -0.25) is 9.47 Å². The van der Waals surface area contributed by atoms with Gasteiger partial charge in [-0.25, -0.2) is 0 Å². The van der Waals surface area contributed by atoms with E-state index in [1.807, 2.05) is 19.1 Å². The molecule has 0 unspecified atom stereocenters. The molecule has 1 aromatic carbocycles. The first-order valence-electron chi connectivity index (χ1n) is 10.8. The van der Waals surface area contributed by atoms with Gasteiger partial charge < -0.3 is 19.8 Å². The van der Waals surface area contributed by atoms with Crippen molar-refractivity contribution in [3.8, 4) is 17.5 Å². The van der Waals surface area contributed by atoms with Gasteiger partial charge in [-0.15, -0.1) is 0 Å². The second-order valence-electron chi connectivity index (χ2n) is 8.40. The lowest BCUT2D eigenvalue weighted by Crippen LogP contribution is -2.46. The zero-order valence-corrected chi connectivity index (χ0v) is 17.6. The average Bonchev–Trinajstić information content (AvgIpc) is 3.55. The Balaban J connectivity index is 1.28. The molecule has 6 heteroatoms. The van der Waals surface area contributed by atoms with Crippen molar-refractivity contribution in [1.82, 2.24) is 9.47 Å². The van der Waals surface area contributed by atoms with E-state index in [1.165, 1.54) is 12.8 Å². The number of aromatic nitrogens is 1. The molecule has 2 heterocycles. The molecular formula is C23H33N3O3. The van der Waals surface area contributed by atoms with Gasteiger partial charge >= 0.3 is 0 Å². The molecule has 4 rings (SSSR count). The smallest absolute Gasteiger partial charge is 0.197 e. The molecule has 0 bridgehead atoms. The van der Waals surface area contributed by atoms with Gasteiger partial charge in [0.15, 0.2) is 11.8 Å². The third-order valence-electron chi connectivity index (χ3n) is 6.41. The van der Waals surface area contributed by atoms with E-state index in [2.05, 4.69) is 21.9 Å². The molecule has 0 spiro atoms. The number of benzene rings is 1. The molecule has 2 aliphatic rings. The molecule has 0 radical (unpaired) electrons. The highest BCUT2D eigenvalue weighted by Gasteiger charge is 2.27. The summed E-state index contributed by atoms with van der Waals surface area (Å²) in [5.74, 6) is 2.12. The second kappa shape index (κ2) is 8.57. The number of hydrogen-bond donors (Lipinski definition) is 2. The van der Waals surface area contributed by atoms with Crippen molar-refractivity contribution in [2.24, 2.45) is 5.92 Å². The van der Waals surface area contributed by atoms with Gasteiger partial charge in [0.25, 0.3) is 0 Å². The number of rotatable bonds is 8. The van der Waals surface area contributed by atoms with E-state index >= 15 is 0 Å². The lowest BCUT2D eigenvalue weighted by Gasteiger charge is -2.36. The maximum absolute atomic E-state index is 10.6. The summed E-state index contributed by atoms with van der Waals surface area (Å²) in [4.78, 5) is 4.84. The number of aromatic hydroxyl groups is 2. The Morgan fingerprint density at radius 1 is 1.00 bits per heavy atom. The zero-order chi connectivity index (χ0) is 20.4. The highest BCUT2D eigenvalue weighted by Crippen LogP contribution is 2.40. The van der Waals surface area contributed by atoms with Crippen LogP contribution in [0.1, 0.15) is 30.4 Å². The standard InChI is InChI=1S/C23H33N3O3/c1-17-19(16-18-8-9-18)23(28)26(22(17)27)11-5-10-24-12-14-25(15-13-24)20-6-3-4-7-21(20)29-2/h3-4,6-7,18,27-28H,5,8-16H2,1-2H3. The molecular weight excluding hydrogens is 366 g/mol. The molecule has 1 saturated heterocycles. The molecule has 1 aromatic heterocycles. The predicted molar refractivity (Wildman–Crippen MR) is 115 cm³/mol. The maximum atomic E-state index is 10.6. The first-order valence-corrected chi connectivity index (χ1v) is 10.8. The molecule has 2 N–H and O–H groups in total. The number of hydrogen-bond acceptors (Lipinski definition) is 5. The molecule has 158 valence electrons. The topological polar surface area (TPSA) is 61.1 Å². The van der Waals surface area contributed by atoms with Crippen LogP contribution in [0.5, 0.6) is 17.5 Å². The van der Waals surface area contributed by atoms with Gasteiger partial charge in [0, 0.05) is 43.9 Å². The fourth-order valence-electron chi connectivity index (χ4n) is 4.39. The van der Waals surface area contributed by atoms with Crippen LogP contribution < -0.4 is 9.64 Å². The monoisotopic (exact) mass is 399 g/mol. The van der Waals surface area contributed by atoms with Crippen LogP contribution in [0.25, 0.3) is 0 Å². The first kappa shape index (κ1) is 20.0. The number of anilines is 1. The Kier molecular flexibility index (Phi) is 5.90. The number of methoxy groups -OCH3 is 1. The Bertz CT molecular complexity index is 836. The Labute approximate surface area is 173 Å². The van der Waals surface area contributed by atoms with Gasteiger partial charge in [-0.2, -0.15) is 0 Å². The summed E-state index contributed by atoms with van der Waals surface area (Å²) in [6, 6.07) is 8.19. The van der Waals surface area contributed by atoms with Crippen LogP contribution in [0, 0.1) is 12.8 Å². The number of para-hydroxylation sites is 2. The number of ether oxygens (including phenoxy) is 1. The predicted octanol–water partition coefficient (Wildman–Crippen LogP) is 3.38. The van der Waals surface area contributed by atoms with Gasteiger partial charge in [-0.1, -0.05) is 12.1 Å². The molecule has 6 nitrogen and oxygen atoms in total. The third kappa shape index (κ3) is 4.32. The SMILES string of the molecule is COc1ccccc1N1CCN(CCCn2c(O)c(C)c(CC3CC3)c2O)CC1. The Hall–Kier alpha value is -2.34. The maximum Gasteiger partial charge on any atom is 0.197 e. The van der Waals surface area contributed by atoms with Gasteiger partial charge in [0.05, 0.1) is 12.8 Å². The van der Waals surface area contributed by atoms with Crippen molar-refractivity contribution in [3.05, 3.63) is 35.4 Å². The lowest BCUT2D eigenvalue weighted by molar-refractivity contribution is 0.245. The summed E-state index contributed by atoms with van der Waals surface area (Å²) in [7, 11) is 1.72. The Morgan fingerprint density at radius 2 is 1.72 bits per heavy atom. The fraction of sp³-hybridized carbons (Fsp3) is 0.565. The van der Waals surface area contributed by atoms with E-state index in [1.54, 1.807) is 11.7 Å². The largest absolute Gasteiger partial charge is 0.495 e. The molecule has 29 heavy (non-hydrogen) atoms. The van der Waals surface area contributed by atoms with Gasteiger partial charge in [-0.05, 0) is 57.2 Å². The van der Waals surface area contributed by atoms with Gasteiger partial charge in [0.1, 0.15) is 5.75 Å². The molecule has 1 aliphatic carbocycles. The van der Waals surface area contributed by atoms with E-state index < -0.39 is 0 Å². The molecule has 2 aromatic rings. The summed E-state index contributed by atoms with van der Waals surface area (Å²) in [6.07, 6.45) is 4.28. The van der Waals surface area contributed by atoms with Gasteiger partial charge in [0.2, 0.25) is 0 Å². The van der Waals surface area contributed by atoms with Crippen LogP contribution in [0.4, 0.5) is 5.69 Å². The number of piperazine rings is 1. The number of nitrogens with zero attached hydrogens (tertiary/aromatic N) is 3. The van der Waals surface area contributed by atoms with Crippen molar-refractivity contribution in [1.29, 1.82) is 0 Å². The summed E-state index contributed by atoms with van der Waals surface area (Å²) in [5, 5.41) is 21.0. The molecule has 1 saturated carbocycles. The molecule has 2 fully saturated rings. The molecule has 0 atom stereocenters. The molecule has 0 amide bonds. The van der Waals surface area contributed by atoms with Crippen molar-refractivity contribution in [2.75, 3.05) is 44.7 Å². The zero-order valence-electron chi connectivity index (χ0n) is 17.6. The summed E-state index contributed by atoms with van der Waals surface area (Å²) in [5.41, 5.74) is 2.95. The minimum atomic E-state index is 0.235. The second-order valence-corrected chi connectivity index (χ2v) is 8.40. The molecule has 1 aliphatic heterocycles. The lowest BCUT2D eigenvalue weighted by atomic mass is 10.1. The van der Waals surface area contributed by atoms with E-state index in [0.717, 1.165) is 68.1 Å². The van der Waals surface area contributed by atoms with Crippen molar-refractivity contribution in [3.63, 3.8) is 0 Å². The highest BCUT2D eigenvalue weighted by molar-refractivity contribution is 5.58. The van der Waals surface area contributed by atoms with Crippen LogP contribution in [0.15, 0.2) is 24.3 Å². The average molecular weight is 400 g/mol. The highest BCUT2D eigenvalue weighted by atomic mass is 16.5. The van der Waals surface area contributed by atoms with Crippen LogP contribution in [0.2, 0.25) is 0 Å². The minimum absolute atomic E-state index is 0.235. The van der Waals surface area contributed by atoms with Crippen LogP contribution in [-0.4, -0.2) is 59.5 Å². The van der Waals surface area contributed by atoms with E-state index in [4.69, 9.17) is 4.74 Å².